The fourth-order valence-corrected chi connectivity index (χ4v) is 3.26. The molecule has 1 aromatic carbocycles. The number of urea groups is 1. The number of benzene rings is 1. The zero-order chi connectivity index (χ0) is 16.4. The second-order valence-corrected chi connectivity index (χ2v) is 6.35. The molecule has 3 N–H and O–H groups in total. The highest BCUT2D eigenvalue weighted by molar-refractivity contribution is 6.11. The van der Waals surface area contributed by atoms with Gasteiger partial charge in [0.25, 0.3) is 0 Å². The molecular formula is C17H24N4O2. The first-order chi connectivity index (χ1) is 11.1. The molecule has 0 saturated carbocycles. The molecule has 3 atom stereocenters. The van der Waals surface area contributed by atoms with Crippen LogP contribution in [0.2, 0.25) is 0 Å². The van der Waals surface area contributed by atoms with Gasteiger partial charge in [0, 0.05) is 12.6 Å². The van der Waals surface area contributed by atoms with Gasteiger partial charge in [0.05, 0.1) is 11.4 Å². The highest BCUT2D eigenvalue weighted by atomic mass is 16.2. The fraction of sp³-hybridized carbons (Fsp3) is 0.529. The molecule has 23 heavy (non-hydrogen) atoms. The van der Waals surface area contributed by atoms with E-state index in [0.29, 0.717) is 5.69 Å². The Morgan fingerprint density at radius 2 is 2.22 bits per heavy atom. The highest BCUT2D eigenvalue weighted by Crippen LogP contribution is 2.34. The number of anilines is 2. The van der Waals surface area contributed by atoms with Gasteiger partial charge in [0.15, 0.2) is 0 Å². The van der Waals surface area contributed by atoms with Crippen molar-refractivity contribution in [2.24, 2.45) is 5.92 Å². The molecule has 0 radical (unpaired) electrons. The normalized spacial score (nSPS) is 24.8. The van der Waals surface area contributed by atoms with Crippen molar-refractivity contribution in [3.05, 3.63) is 24.3 Å². The number of hydrogen-bond acceptors (Lipinski definition) is 3. The molecule has 0 aromatic heterocycles. The molecule has 0 unspecified atom stereocenters. The van der Waals surface area contributed by atoms with Gasteiger partial charge in [-0.25, -0.2) is 4.79 Å². The van der Waals surface area contributed by atoms with E-state index in [1.54, 1.807) is 4.90 Å². The Hall–Kier alpha value is -2.08. The molecule has 6 nitrogen and oxygen atoms in total. The molecule has 1 fully saturated rings. The number of nitrogens with zero attached hydrogens (tertiary/aromatic N) is 1. The monoisotopic (exact) mass is 316 g/mol. The summed E-state index contributed by atoms with van der Waals surface area (Å²) in [6, 6.07) is 6.92. The SMILES string of the molecule is CC[C@H](C)[C@H]1C(=O)Nc2ccccc2N1C(=O)N[C@H]1CCNC1. The maximum absolute atomic E-state index is 12.9. The molecular weight excluding hydrogens is 292 g/mol. The standard InChI is InChI=1S/C17H24N4O2/c1-3-11(2)15-16(22)20-13-6-4-5-7-14(13)21(15)17(23)19-12-8-9-18-10-12/h4-7,11-12,15,18H,3,8-10H2,1-2H3,(H,19,23)(H,20,22)/t11-,12-,15-/m0/s1. The molecule has 6 heteroatoms. The zero-order valence-corrected chi connectivity index (χ0v) is 13.6. The van der Waals surface area contributed by atoms with Gasteiger partial charge < -0.3 is 16.0 Å². The maximum atomic E-state index is 12.9. The van der Waals surface area contributed by atoms with Crippen LogP contribution >= 0.6 is 0 Å². The van der Waals surface area contributed by atoms with Crippen molar-refractivity contribution < 1.29 is 9.59 Å². The van der Waals surface area contributed by atoms with Gasteiger partial charge in [-0.15, -0.1) is 0 Å². The third kappa shape index (κ3) is 3.03. The van der Waals surface area contributed by atoms with Crippen LogP contribution in [-0.4, -0.2) is 37.1 Å². The van der Waals surface area contributed by atoms with Crippen LogP contribution in [-0.2, 0) is 4.79 Å². The van der Waals surface area contributed by atoms with Crippen LogP contribution in [0.3, 0.4) is 0 Å². The Morgan fingerprint density at radius 1 is 1.43 bits per heavy atom. The van der Waals surface area contributed by atoms with Crippen molar-refractivity contribution in [3.8, 4) is 0 Å². The summed E-state index contributed by atoms with van der Waals surface area (Å²) in [7, 11) is 0. The molecule has 0 spiro atoms. The Balaban J connectivity index is 1.93. The molecule has 1 aromatic rings. The van der Waals surface area contributed by atoms with E-state index in [-0.39, 0.29) is 23.9 Å². The molecule has 124 valence electrons. The van der Waals surface area contributed by atoms with E-state index < -0.39 is 6.04 Å². The van der Waals surface area contributed by atoms with Crippen LogP contribution in [0.4, 0.5) is 16.2 Å². The summed E-state index contributed by atoms with van der Waals surface area (Å²) in [6.07, 6.45) is 1.75. The zero-order valence-electron chi connectivity index (χ0n) is 13.6. The summed E-state index contributed by atoms with van der Waals surface area (Å²) < 4.78 is 0. The first-order valence-electron chi connectivity index (χ1n) is 8.32. The van der Waals surface area contributed by atoms with Gasteiger partial charge in [-0.2, -0.15) is 0 Å². The summed E-state index contributed by atoms with van der Waals surface area (Å²) >= 11 is 0. The number of para-hydroxylation sites is 2. The van der Waals surface area contributed by atoms with Gasteiger partial charge in [-0.3, -0.25) is 9.69 Å². The first-order valence-corrected chi connectivity index (χ1v) is 8.32. The van der Waals surface area contributed by atoms with Crippen LogP contribution in [0, 0.1) is 5.92 Å². The van der Waals surface area contributed by atoms with Crippen LogP contribution < -0.4 is 20.9 Å². The number of carbonyl (C=O) groups excluding carboxylic acids is 2. The molecule has 3 rings (SSSR count). The second kappa shape index (κ2) is 6.58. The van der Waals surface area contributed by atoms with Crippen molar-refractivity contribution in [3.63, 3.8) is 0 Å². The summed E-state index contributed by atoms with van der Waals surface area (Å²) in [4.78, 5) is 27.1. The van der Waals surface area contributed by atoms with Crippen molar-refractivity contribution in [1.82, 2.24) is 10.6 Å². The van der Waals surface area contributed by atoms with Crippen LogP contribution in [0.15, 0.2) is 24.3 Å². The lowest BCUT2D eigenvalue weighted by molar-refractivity contribution is -0.118. The van der Waals surface area contributed by atoms with E-state index >= 15 is 0 Å². The predicted molar refractivity (Wildman–Crippen MR) is 90.6 cm³/mol. The summed E-state index contributed by atoms with van der Waals surface area (Å²) in [5.41, 5.74) is 1.46. The lowest BCUT2D eigenvalue weighted by atomic mass is 9.94. The minimum Gasteiger partial charge on any atom is -0.334 e. The summed E-state index contributed by atoms with van der Waals surface area (Å²) in [5, 5.41) is 9.24. The average Bonchev–Trinajstić information content (AvgIpc) is 3.05. The minimum atomic E-state index is -0.482. The first kappa shape index (κ1) is 15.8. The van der Waals surface area contributed by atoms with Crippen molar-refractivity contribution in [2.75, 3.05) is 23.3 Å². The Bertz CT molecular complexity index is 598. The van der Waals surface area contributed by atoms with Crippen LogP contribution in [0.25, 0.3) is 0 Å². The van der Waals surface area contributed by atoms with E-state index in [1.165, 1.54) is 0 Å². The Kier molecular flexibility index (Phi) is 4.52. The minimum absolute atomic E-state index is 0.0795. The molecule has 3 amide bonds. The predicted octanol–water partition coefficient (Wildman–Crippen LogP) is 1.93. The highest BCUT2D eigenvalue weighted by Gasteiger charge is 2.40. The summed E-state index contributed by atoms with van der Waals surface area (Å²) in [5.74, 6) is -0.0337. The number of hydrogen-bond donors (Lipinski definition) is 3. The van der Waals surface area contributed by atoms with Crippen molar-refractivity contribution in [1.29, 1.82) is 0 Å². The molecule has 2 heterocycles. The van der Waals surface area contributed by atoms with Gasteiger partial charge in [0.1, 0.15) is 6.04 Å². The van der Waals surface area contributed by atoms with Gasteiger partial charge in [0.2, 0.25) is 5.91 Å². The van der Waals surface area contributed by atoms with Crippen LogP contribution in [0.1, 0.15) is 26.7 Å². The number of carbonyl (C=O) groups is 2. The van der Waals surface area contributed by atoms with E-state index in [1.807, 2.05) is 38.1 Å². The number of amides is 3. The van der Waals surface area contributed by atoms with E-state index in [9.17, 15) is 9.59 Å². The van der Waals surface area contributed by atoms with E-state index in [0.717, 1.165) is 31.6 Å². The van der Waals surface area contributed by atoms with Gasteiger partial charge >= 0.3 is 6.03 Å². The summed E-state index contributed by atoms with van der Waals surface area (Å²) in [6.45, 7) is 5.74. The molecule has 2 aliphatic heterocycles. The average molecular weight is 316 g/mol. The number of rotatable bonds is 3. The Labute approximate surface area is 136 Å². The Morgan fingerprint density at radius 3 is 2.91 bits per heavy atom. The van der Waals surface area contributed by atoms with Crippen molar-refractivity contribution >= 4 is 23.3 Å². The second-order valence-electron chi connectivity index (χ2n) is 6.35. The van der Waals surface area contributed by atoms with E-state index in [4.69, 9.17) is 0 Å². The fourth-order valence-electron chi connectivity index (χ4n) is 3.26. The molecule has 0 aliphatic carbocycles. The van der Waals surface area contributed by atoms with Crippen LogP contribution in [0.5, 0.6) is 0 Å². The third-order valence-corrected chi connectivity index (χ3v) is 4.76. The molecule has 1 saturated heterocycles. The topological polar surface area (TPSA) is 73.5 Å². The van der Waals surface area contributed by atoms with Gasteiger partial charge in [-0.1, -0.05) is 32.4 Å². The molecule has 2 aliphatic rings. The maximum Gasteiger partial charge on any atom is 0.322 e. The van der Waals surface area contributed by atoms with E-state index in [2.05, 4.69) is 16.0 Å². The quantitative estimate of drug-likeness (QED) is 0.798. The number of nitrogens with one attached hydrogen (secondary N) is 3. The molecule has 0 bridgehead atoms. The third-order valence-electron chi connectivity index (χ3n) is 4.76. The largest absolute Gasteiger partial charge is 0.334 e. The number of fused-ring (bicyclic) bond motifs is 1. The lowest BCUT2D eigenvalue weighted by Crippen LogP contribution is -2.58. The van der Waals surface area contributed by atoms with Gasteiger partial charge in [-0.05, 0) is 31.0 Å². The van der Waals surface area contributed by atoms with Crippen molar-refractivity contribution in [2.45, 2.75) is 38.8 Å². The lowest BCUT2D eigenvalue weighted by Gasteiger charge is -2.39. The smallest absolute Gasteiger partial charge is 0.322 e.